The number of aryl methyl sites for hydroxylation is 1. The Labute approximate surface area is 123 Å². The molecule has 2 aromatic rings. The van der Waals surface area contributed by atoms with E-state index in [-0.39, 0.29) is 10.6 Å². The van der Waals surface area contributed by atoms with Crippen molar-refractivity contribution in [1.82, 2.24) is 4.98 Å². The van der Waals surface area contributed by atoms with Gasteiger partial charge < -0.3 is 0 Å². The monoisotopic (exact) mass is 330 g/mol. The van der Waals surface area contributed by atoms with Crippen LogP contribution in [-0.2, 0) is 9.84 Å². The van der Waals surface area contributed by atoms with Crippen molar-refractivity contribution in [3.05, 3.63) is 39.4 Å². The second-order valence-corrected chi connectivity index (χ2v) is 8.18. The Balaban J connectivity index is 2.45. The van der Waals surface area contributed by atoms with E-state index in [1.54, 1.807) is 0 Å². The Bertz CT molecular complexity index is 768. The Kier molecular flexibility index (Phi) is 4.11. The molecule has 0 fully saturated rings. The third-order valence-corrected chi connectivity index (χ3v) is 5.58. The lowest BCUT2D eigenvalue weighted by Gasteiger charge is -2.03. The van der Waals surface area contributed by atoms with E-state index in [9.17, 15) is 18.5 Å². The van der Waals surface area contributed by atoms with Gasteiger partial charge in [-0.2, -0.15) is 0 Å². The molecule has 0 radical (unpaired) electrons. The molecule has 0 aliphatic rings. The molecule has 0 saturated carbocycles. The van der Waals surface area contributed by atoms with Gasteiger partial charge in [-0.05, 0) is 19.1 Å². The molecule has 0 bridgehead atoms. The standard InChI is InChI=1S/C11H10N2O4S3/c1-7-6-18-11(12-7)19-10-4-3-8(20(2,16)17)5-9(10)13(14)15/h3-6H,1-2H3. The van der Waals surface area contributed by atoms with E-state index in [2.05, 4.69) is 4.98 Å². The molecule has 1 aromatic heterocycles. The third kappa shape index (κ3) is 3.35. The first-order chi connectivity index (χ1) is 9.27. The van der Waals surface area contributed by atoms with Crippen molar-refractivity contribution in [3.8, 4) is 0 Å². The van der Waals surface area contributed by atoms with Crippen LogP contribution in [0, 0.1) is 17.0 Å². The molecule has 0 atom stereocenters. The van der Waals surface area contributed by atoms with Crippen LogP contribution in [0.5, 0.6) is 0 Å². The normalized spacial score (nSPS) is 11.5. The molecule has 106 valence electrons. The Morgan fingerprint density at radius 3 is 2.60 bits per heavy atom. The number of benzene rings is 1. The number of sulfone groups is 1. The molecule has 1 heterocycles. The summed E-state index contributed by atoms with van der Waals surface area (Å²) >= 11 is 2.54. The van der Waals surface area contributed by atoms with Gasteiger partial charge in [-0.25, -0.2) is 13.4 Å². The number of rotatable bonds is 4. The highest BCUT2D eigenvalue weighted by Crippen LogP contribution is 2.37. The minimum atomic E-state index is -3.47. The molecule has 0 spiro atoms. The summed E-state index contributed by atoms with van der Waals surface area (Å²) in [5, 5.41) is 12.9. The van der Waals surface area contributed by atoms with E-state index in [4.69, 9.17) is 0 Å². The molecule has 6 nitrogen and oxygen atoms in total. The predicted molar refractivity (Wildman–Crippen MR) is 77.2 cm³/mol. The minimum Gasteiger partial charge on any atom is -0.258 e. The smallest absolute Gasteiger partial charge is 0.258 e. The van der Waals surface area contributed by atoms with Gasteiger partial charge in [-0.3, -0.25) is 10.1 Å². The first-order valence-electron chi connectivity index (χ1n) is 5.36. The van der Waals surface area contributed by atoms with Gasteiger partial charge in [0.05, 0.1) is 14.7 Å². The molecule has 0 N–H and O–H groups in total. The van der Waals surface area contributed by atoms with Gasteiger partial charge in [0.2, 0.25) is 0 Å². The SMILES string of the molecule is Cc1csc(Sc2ccc(S(C)(=O)=O)cc2[N+](=O)[O-])n1. The summed E-state index contributed by atoms with van der Waals surface area (Å²) in [5.41, 5.74) is 0.610. The molecule has 1 aromatic carbocycles. The number of hydrogen-bond donors (Lipinski definition) is 0. The third-order valence-electron chi connectivity index (χ3n) is 2.35. The maximum atomic E-state index is 11.4. The minimum absolute atomic E-state index is 0.0659. The zero-order valence-electron chi connectivity index (χ0n) is 10.6. The summed E-state index contributed by atoms with van der Waals surface area (Å²) < 4.78 is 23.6. The zero-order valence-corrected chi connectivity index (χ0v) is 13.0. The van der Waals surface area contributed by atoms with Gasteiger partial charge in [0.25, 0.3) is 5.69 Å². The van der Waals surface area contributed by atoms with E-state index in [1.807, 2.05) is 12.3 Å². The molecule has 0 unspecified atom stereocenters. The lowest BCUT2D eigenvalue weighted by molar-refractivity contribution is -0.388. The number of nitrogens with zero attached hydrogens (tertiary/aromatic N) is 2. The summed E-state index contributed by atoms with van der Waals surface area (Å²) in [7, 11) is -3.47. The molecule has 20 heavy (non-hydrogen) atoms. The van der Waals surface area contributed by atoms with Crippen LogP contribution in [-0.4, -0.2) is 24.6 Å². The summed E-state index contributed by atoms with van der Waals surface area (Å²) in [6, 6.07) is 3.89. The summed E-state index contributed by atoms with van der Waals surface area (Å²) in [6.45, 7) is 1.84. The van der Waals surface area contributed by atoms with Gasteiger partial charge in [0, 0.05) is 23.4 Å². The summed E-state index contributed by atoms with van der Waals surface area (Å²) in [6.07, 6.45) is 1.02. The Morgan fingerprint density at radius 1 is 1.40 bits per heavy atom. The van der Waals surface area contributed by atoms with Crippen molar-refractivity contribution in [2.24, 2.45) is 0 Å². The summed E-state index contributed by atoms with van der Waals surface area (Å²) in [4.78, 5) is 15.0. The van der Waals surface area contributed by atoms with E-state index >= 15 is 0 Å². The van der Waals surface area contributed by atoms with Gasteiger partial charge in [-0.1, -0.05) is 11.8 Å². The van der Waals surface area contributed by atoms with Crippen LogP contribution in [0.15, 0.2) is 37.7 Å². The predicted octanol–water partition coefficient (Wildman–Crippen LogP) is 2.91. The first kappa shape index (κ1) is 14.9. The first-order valence-corrected chi connectivity index (χ1v) is 8.94. The van der Waals surface area contributed by atoms with Crippen LogP contribution in [0.1, 0.15) is 5.69 Å². The molecular formula is C11H10N2O4S3. The van der Waals surface area contributed by atoms with Gasteiger partial charge in [-0.15, -0.1) is 11.3 Å². The lowest BCUT2D eigenvalue weighted by atomic mass is 10.3. The fourth-order valence-electron chi connectivity index (χ4n) is 1.43. The highest BCUT2D eigenvalue weighted by Gasteiger charge is 2.20. The van der Waals surface area contributed by atoms with Gasteiger partial charge in [0.15, 0.2) is 14.2 Å². The van der Waals surface area contributed by atoms with Gasteiger partial charge >= 0.3 is 0 Å². The molecule has 0 amide bonds. The maximum absolute atomic E-state index is 11.4. The maximum Gasteiger partial charge on any atom is 0.284 e. The summed E-state index contributed by atoms with van der Waals surface area (Å²) in [5.74, 6) is 0. The number of aromatic nitrogens is 1. The molecule has 9 heteroatoms. The van der Waals surface area contributed by atoms with Crippen LogP contribution in [0.3, 0.4) is 0 Å². The molecular weight excluding hydrogens is 320 g/mol. The van der Waals surface area contributed by atoms with Gasteiger partial charge in [0.1, 0.15) is 0 Å². The Morgan fingerprint density at radius 2 is 2.10 bits per heavy atom. The zero-order chi connectivity index (χ0) is 14.9. The van der Waals surface area contributed by atoms with Crippen molar-refractivity contribution < 1.29 is 13.3 Å². The van der Waals surface area contributed by atoms with E-state index in [0.717, 1.165) is 29.8 Å². The van der Waals surface area contributed by atoms with E-state index < -0.39 is 14.8 Å². The van der Waals surface area contributed by atoms with Crippen LogP contribution in [0.25, 0.3) is 0 Å². The van der Waals surface area contributed by atoms with Crippen molar-refractivity contribution >= 4 is 38.6 Å². The quantitative estimate of drug-likeness (QED) is 0.632. The molecule has 0 aliphatic carbocycles. The van der Waals surface area contributed by atoms with Crippen molar-refractivity contribution in [3.63, 3.8) is 0 Å². The van der Waals surface area contributed by atoms with Crippen LogP contribution < -0.4 is 0 Å². The lowest BCUT2D eigenvalue weighted by Crippen LogP contribution is -1.99. The van der Waals surface area contributed by atoms with Crippen molar-refractivity contribution in [2.45, 2.75) is 21.1 Å². The second-order valence-electron chi connectivity index (χ2n) is 4.02. The average molecular weight is 330 g/mol. The van der Waals surface area contributed by atoms with Crippen LogP contribution in [0.4, 0.5) is 5.69 Å². The largest absolute Gasteiger partial charge is 0.284 e. The Hall–Kier alpha value is -1.45. The van der Waals surface area contributed by atoms with Crippen molar-refractivity contribution in [1.29, 1.82) is 0 Å². The fraction of sp³-hybridized carbons (Fsp3) is 0.182. The number of nitro benzene ring substituents is 1. The van der Waals surface area contributed by atoms with E-state index in [1.165, 1.54) is 23.5 Å². The topological polar surface area (TPSA) is 90.2 Å². The molecule has 2 rings (SSSR count). The second kappa shape index (κ2) is 5.51. The number of thiazole rings is 1. The number of nitro groups is 1. The average Bonchev–Trinajstić information content (AvgIpc) is 2.73. The van der Waals surface area contributed by atoms with Crippen LogP contribution >= 0.6 is 23.1 Å². The molecule has 0 aliphatic heterocycles. The highest BCUT2D eigenvalue weighted by molar-refractivity contribution is 8.01. The highest BCUT2D eigenvalue weighted by atomic mass is 32.2. The van der Waals surface area contributed by atoms with Crippen LogP contribution in [0.2, 0.25) is 0 Å². The van der Waals surface area contributed by atoms with E-state index in [0.29, 0.717) is 9.24 Å². The molecule has 0 saturated heterocycles. The fourth-order valence-corrected chi connectivity index (χ4v) is 3.95. The van der Waals surface area contributed by atoms with Crippen molar-refractivity contribution in [2.75, 3.05) is 6.26 Å². The number of hydrogen-bond acceptors (Lipinski definition) is 7.